The molecule has 2 atom stereocenters. The predicted octanol–water partition coefficient (Wildman–Crippen LogP) is 2.83. The maximum Gasteiger partial charge on any atom is 0.150 e. The Balaban J connectivity index is 1.94. The maximum absolute atomic E-state index is 9.67. The Morgan fingerprint density at radius 3 is 3.00 bits per heavy atom. The van der Waals surface area contributed by atoms with Gasteiger partial charge >= 0.3 is 0 Å². The van der Waals surface area contributed by atoms with Gasteiger partial charge in [-0.1, -0.05) is 25.6 Å². The van der Waals surface area contributed by atoms with Gasteiger partial charge in [0.2, 0.25) is 0 Å². The van der Waals surface area contributed by atoms with Crippen molar-refractivity contribution in [1.29, 1.82) is 0 Å². The van der Waals surface area contributed by atoms with E-state index in [1.807, 2.05) is 18.7 Å². The van der Waals surface area contributed by atoms with Gasteiger partial charge in [-0.25, -0.2) is 4.98 Å². The molecule has 3 nitrogen and oxygen atoms in total. The van der Waals surface area contributed by atoms with Crippen molar-refractivity contribution in [3.63, 3.8) is 0 Å². The first-order valence-corrected chi connectivity index (χ1v) is 8.26. The Labute approximate surface area is 117 Å². The van der Waals surface area contributed by atoms with Gasteiger partial charge in [0.15, 0.2) is 0 Å². The van der Waals surface area contributed by atoms with Gasteiger partial charge in [-0.2, -0.15) is 0 Å². The molecule has 0 aromatic carbocycles. The minimum Gasteiger partial charge on any atom is -0.394 e. The fourth-order valence-electron chi connectivity index (χ4n) is 2.64. The third-order valence-corrected chi connectivity index (χ3v) is 5.68. The first-order chi connectivity index (χ1) is 8.53. The molecule has 1 aromatic heterocycles. The monoisotopic (exact) mass is 286 g/mol. The van der Waals surface area contributed by atoms with E-state index in [4.69, 9.17) is 0 Å². The summed E-state index contributed by atoms with van der Waals surface area (Å²) in [5.74, 6) is 0. The van der Waals surface area contributed by atoms with E-state index < -0.39 is 0 Å². The Morgan fingerprint density at radius 1 is 1.67 bits per heavy atom. The summed E-state index contributed by atoms with van der Waals surface area (Å²) >= 11 is 3.60. The standard InChI is InChI=1S/C13H22N2OS2/c1-9(2)15-13(8-16)5-4-11(6-13)18-12-14-10(3)7-17-12/h7,9,11,15-16H,4-6,8H2,1-3H3. The smallest absolute Gasteiger partial charge is 0.150 e. The van der Waals surface area contributed by atoms with Crippen LogP contribution in [0.3, 0.4) is 0 Å². The van der Waals surface area contributed by atoms with Gasteiger partial charge in [-0.3, -0.25) is 0 Å². The average Bonchev–Trinajstić information content (AvgIpc) is 2.87. The van der Waals surface area contributed by atoms with Crippen LogP contribution in [0.5, 0.6) is 0 Å². The minimum atomic E-state index is -0.0713. The van der Waals surface area contributed by atoms with Crippen molar-refractivity contribution in [2.75, 3.05) is 6.61 Å². The quantitative estimate of drug-likeness (QED) is 0.873. The molecule has 2 rings (SSSR count). The van der Waals surface area contributed by atoms with Crippen molar-refractivity contribution in [2.24, 2.45) is 0 Å². The Bertz CT molecular complexity index is 394. The van der Waals surface area contributed by atoms with Crippen LogP contribution in [0, 0.1) is 6.92 Å². The van der Waals surface area contributed by atoms with Crippen molar-refractivity contribution >= 4 is 23.1 Å². The number of hydrogen-bond acceptors (Lipinski definition) is 5. The molecule has 1 aliphatic carbocycles. The molecule has 2 unspecified atom stereocenters. The van der Waals surface area contributed by atoms with Crippen LogP contribution in [0.15, 0.2) is 9.72 Å². The summed E-state index contributed by atoms with van der Waals surface area (Å²) < 4.78 is 1.16. The van der Waals surface area contributed by atoms with Gasteiger partial charge in [0.1, 0.15) is 4.34 Å². The normalized spacial score (nSPS) is 28.2. The number of aliphatic hydroxyl groups excluding tert-OH is 1. The van der Waals surface area contributed by atoms with Crippen LogP contribution in [-0.2, 0) is 0 Å². The van der Waals surface area contributed by atoms with E-state index in [2.05, 4.69) is 29.5 Å². The molecule has 5 heteroatoms. The van der Waals surface area contributed by atoms with Crippen LogP contribution in [0.1, 0.15) is 38.8 Å². The fourth-order valence-corrected chi connectivity index (χ4v) is 5.06. The summed E-state index contributed by atoms with van der Waals surface area (Å²) in [6.45, 7) is 6.55. The number of aromatic nitrogens is 1. The van der Waals surface area contributed by atoms with Gasteiger partial charge in [0, 0.05) is 27.9 Å². The minimum absolute atomic E-state index is 0.0713. The van der Waals surface area contributed by atoms with Crippen molar-refractivity contribution < 1.29 is 5.11 Å². The first kappa shape index (κ1) is 14.3. The molecule has 1 saturated carbocycles. The van der Waals surface area contributed by atoms with E-state index >= 15 is 0 Å². The van der Waals surface area contributed by atoms with Crippen LogP contribution in [0.4, 0.5) is 0 Å². The van der Waals surface area contributed by atoms with E-state index in [0.29, 0.717) is 11.3 Å². The molecular weight excluding hydrogens is 264 g/mol. The van der Waals surface area contributed by atoms with Crippen molar-refractivity contribution in [3.8, 4) is 0 Å². The summed E-state index contributed by atoms with van der Waals surface area (Å²) in [7, 11) is 0. The Morgan fingerprint density at radius 2 is 2.44 bits per heavy atom. The second-order valence-corrected chi connectivity index (χ2v) is 7.88. The number of thiazole rings is 1. The molecule has 1 fully saturated rings. The first-order valence-electron chi connectivity index (χ1n) is 6.50. The number of thioether (sulfide) groups is 1. The van der Waals surface area contributed by atoms with Gasteiger partial charge in [0.05, 0.1) is 6.61 Å². The fraction of sp³-hybridized carbons (Fsp3) is 0.769. The zero-order valence-corrected chi connectivity index (χ0v) is 12.9. The van der Waals surface area contributed by atoms with Gasteiger partial charge in [-0.05, 0) is 26.2 Å². The number of aliphatic hydroxyl groups is 1. The van der Waals surface area contributed by atoms with Gasteiger partial charge in [0.25, 0.3) is 0 Å². The molecule has 0 bridgehead atoms. The molecule has 1 aliphatic rings. The molecule has 0 amide bonds. The van der Waals surface area contributed by atoms with Crippen molar-refractivity contribution in [2.45, 2.75) is 61.2 Å². The molecule has 2 N–H and O–H groups in total. The molecule has 0 radical (unpaired) electrons. The van der Waals surface area contributed by atoms with Crippen molar-refractivity contribution in [3.05, 3.63) is 11.1 Å². The highest BCUT2D eigenvalue weighted by Gasteiger charge is 2.39. The number of hydrogen-bond donors (Lipinski definition) is 2. The van der Waals surface area contributed by atoms with Crippen LogP contribution in [0.2, 0.25) is 0 Å². The zero-order chi connectivity index (χ0) is 13.2. The molecule has 0 aliphatic heterocycles. The zero-order valence-electron chi connectivity index (χ0n) is 11.3. The third kappa shape index (κ3) is 3.47. The highest BCUT2D eigenvalue weighted by atomic mass is 32.2. The molecule has 1 heterocycles. The lowest BCUT2D eigenvalue weighted by Crippen LogP contribution is -2.49. The summed E-state index contributed by atoms with van der Waals surface area (Å²) in [6, 6.07) is 0.419. The number of nitrogens with one attached hydrogen (secondary N) is 1. The van der Waals surface area contributed by atoms with Crippen LogP contribution in [-0.4, -0.2) is 33.5 Å². The Kier molecular flexibility index (Phi) is 4.69. The lowest BCUT2D eigenvalue weighted by atomic mass is 9.98. The summed E-state index contributed by atoms with van der Waals surface area (Å²) in [5.41, 5.74) is 1.03. The third-order valence-electron chi connectivity index (χ3n) is 3.33. The van der Waals surface area contributed by atoms with E-state index in [1.165, 1.54) is 0 Å². The predicted molar refractivity (Wildman–Crippen MR) is 78.4 cm³/mol. The largest absolute Gasteiger partial charge is 0.394 e. The summed E-state index contributed by atoms with van der Waals surface area (Å²) in [4.78, 5) is 4.51. The molecular formula is C13H22N2OS2. The van der Waals surface area contributed by atoms with E-state index in [0.717, 1.165) is 29.3 Å². The Hall–Kier alpha value is -0.100. The second-order valence-electron chi connectivity index (χ2n) is 5.47. The van der Waals surface area contributed by atoms with Crippen LogP contribution < -0.4 is 5.32 Å². The molecule has 18 heavy (non-hydrogen) atoms. The SMILES string of the molecule is Cc1csc(SC2CCC(CO)(NC(C)C)C2)n1. The van der Waals surface area contributed by atoms with Crippen LogP contribution >= 0.6 is 23.1 Å². The maximum atomic E-state index is 9.67. The lowest BCUT2D eigenvalue weighted by molar-refractivity contribution is 0.156. The van der Waals surface area contributed by atoms with E-state index in [-0.39, 0.29) is 12.1 Å². The second kappa shape index (κ2) is 5.90. The topological polar surface area (TPSA) is 45.1 Å². The molecule has 102 valence electrons. The molecule has 0 saturated heterocycles. The highest BCUT2D eigenvalue weighted by molar-refractivity contribution is 8.01. The van der Waals surface area contributed by atoms with Gasteiger partial charge < -0.3 is 10.4 Å². The number of aryl methyl sites for hydroxylation is 1. The number of rotatable bonds is 5. The van der Waals surface area contributed by atoms with Crippen molar-refractivity contribution in [1.82, 2.24) is 10.3 Å². The highest BCUT2D eigenvalue weighted by Crippen LogP contribution is 2.41. The van der Waals surface area contributed by atoms with Gasteiger partial charge in [-0.15, -0.1) is 11.3 Å². The molecule has 1 aromatic rings. The lowest BCUT2D eigenvalue weighted by Gasteiger charge is -2.31. The summed E-state index contributed by atoms with van der Waals surface area (Å²) in [5, 5.41) is 15.9. The van der Waals surface area contributed by atoms with Crippen LogP contribution in [0.25, 0.3) is 0 Å². The molecule has 0 spiro atoms. The number of nitrogens with zero attached hydrogens (tertiary/aromatic N) is 1. The van der Waals surface area contributed by atoms with E-state index in [9.17, 15) is 5.11 Å². The van der Waals surface area contributed by atoms with E-state index in [1.54, 1.807) is 11.3 Å². The summed E-state index contributed by atoms with van der Waals surface area (Å²) in [6.07, 6.45) is 3.25. The average molecular weight is 286 g/mol.